The quantitative estimate of drug-likeness (QED) is 0.370. The van der Waals surface area contributed by atoms with Crippen LogP contribution in [0.25, 0.3) is 0 Å². The van der Waals surface area contributed by atoms with Crippen molar-refractivity contribution in [3.05, 3.63) is 0 Å². The molecule has 0 saturated heterocycles. The first kappa shape index (κ1) is 40.6. The Hall–Kier alpha value is -0.997. The molecule has 9 nitrogen and oxygen atoms in total. The van der Waals surface area contributed by atoms with E-state index in [2.05, 4.69) is 25.7 Å². The van der Waals surface area contributed by atoms with Crippen LogP contribution in [-0.2, 0) is 45.4 Å². The Kier molecular flexibility index (Phi) is 49.1. The molecule has 0 radical (unpaired) electrons. The van der Waals surface area contributed by atoms with Gasteiger partial charge < -0.3 is 44.5 Å². The first-order chi connectivity index (χ1) is 11.7. The summed E-state index contributed by atoms with van der Waals surface area (Å²) >= 11 is 6.91. The van der Waals surface area contributed by atoms with Gasteiger partial charge in [0.05, 0.1) is 0 Å². The summed E-state index contributed by atoms with van der Waals surface area (Å²) in [4.78, 5) is 37.8. The number of thiocarbonyl (C=S) groups is 1. The summed E-state index contributed by atoms with van der Waals surface area (Å²) in [6.07, 6.45) is 0. The Morgan fingerprint density at radius 1 is 0.741 bits per heavy atom. The van der Waals surface area contributed by atoms with Gasteiger partial charge in [-0.3, -0.25) is 0 Å². The standard InChI is InChI=1S/C7H15NS2.4C2H4O2.Zr/c1-4-8(5-2)7(9)10-6-3;4*1-2(3)4;/h4-6H2,1-3H3;4*1H3,(H,3,4);/q;;;;;+4/p-4. The van der Waals surface area contributed by atoms with E-state index in [1.165, 1.54) is 0 Å². The van der Waals surface area contributed by atoms with E-state index >= 15 is 0 Å². The van der Waals surface area contributed by atoms with Crippen molar-refractivity contribution >= 4 is 52.2 Å². The van der Waals surface area contributed by atoms with Gasteiger partial charge in [0.25, 0.3) is 0 Å². The van der Waals surface area contributed by atoms with Crippen molar-refractivity contribution in [2.45, 2.75) is 48.5 Å². The van der Waals surface area contributed by atoms with Crippen LogP contribution in [0.15, 0.2) is 0 Å². The van der Waals surface area contributed by atoms with Gasteiger partial charge in [0.15, 0.2) is 0 Å². The number of carbonyl (C=O) groups excluding carboxylic acids is 4. The van der Waals surface area contributed by atoms with Gasteiger partial charge in [-0.15, -0.1) is 0 Å². The van der Waals surface area contributed by atoms with E-state index in [0.717, 1.165) is 50.9 Å². The van der Waals surface area contributed by atoms with E-state index in [1.807, 2.05) is 0 Å². The summed E-state index contributed by atoms with van der Waals surface area (Å²) in [5.41, 5.74) is 0. The van der Waals surface area contributed by atoms with Crippen molar-refractivity contribution in [1.82, 2.24) is 4.90 Å². The number of carboxylic acid groups (broad SMARTS) is 4. The molecule has 0 aliphatic rings. The first-order valence-electron chi connectivity index (χ1n) is 7.31. The van der Waals surface area contributed by atoms with E-state index < -0.39 is 23.9 Å². The summed E-state index contributed by atoms with van der Waals surface area (Å²) < 4.78 is 1.03. The molecule has 0 rings (SSSR count). The SMILES string of the molecule is CC(=O)[O-].CC(=O)[O-].CC(=O)[O-].CC(=O)[O-].CCSC(=S)N(CC)CC.[Zr+4]. The van der Waals surface area contributed by atoms with Crippen LogP contribution in [0.2, 0.25) is 0 Å². The average Bonchev–Trinajstić information content (AvgIpc) is 2.37. The molecule has 0 amide bonds. The van der Waals surface area contributed by atoms with Gasteiger partial charge >= 0.3 is 26.2 Å². The summed E-state index contributed by atoms with van der Waals surface area (Å²) in [7, 11) is 0. The molecule has 0 spiro atoms. The molecule has 0 aromatic carbocycles. The van der Waals surface area contributed by atoms with Gasteiger partial charge in [-0.1, -0.05) is 30.9 Å². The van der Waals surface area contributed by atoms with Crippen molar-refractivity contribution in [3.63, 3.8) is 0 Å². The van der Waals surface area contributed by atoms with Crippen molar-refractivity contribution in [2.24, 2.45) is 0 Å². The van der Waals surface area contributed by atoms with Gasteiger partial charge in [-0.2, -0.15) is 0 Å². The van der Waals surface area contributed by atoms with Crippen LogP contribution in [0.5, 0.6) is 0 Å². The number of aliphatic carboxylic acids is 4. The summed E-state index contributed by atoms with van der Waals surface area (Å²) in [6.45, 7) is 12.3. The molecule has 27 heavy (non-hydrogen) atoms. The molecular weight excluding hydrogens is 478 g/mol. The zero-order valence-electron chi connectivity index (χ0n) is 16.7. The van der Waals surface area contributed by atoms with E-state index in [4.69, 9.17) is 51.8 Å². The van der Waals surface area contributed by atoms with E-state index in [0.29, 0.717) is 0 Å². The maximum atomic E-state index is 8.89. The number of carbonyl (C=O) groups is 4. The number of carboxylic acids is 4. The number of nitrogens with zero attached hydrogens (tertiary/aromatic N) is 1. The molecule has 0 N–H and O–H groups in total. The van der Waals surface area contributed by atoms with Crippen LogP contribution in [0.1, 0.15) is 48.5 Å². The van der Waals surface area contributed by atoms with Crippen molar-refractivity contribution in [2.75, 3.05) is 18.8 Å². The molecule has 156 valence electrons. The molecule has 12 heteroatoms. The number of rotatable bonds is 3. The molecule has 0 aromatic rings. The van der Waals surface area contributed by atoms with E-state index in [-0.39, 0.29) is 26.2 Å². The third kappa shape index (κ3) is 132. The van der Waals surface area contributed by atoms with Crippen molar-refractivity contribution < 1.29 is 65.8 Å². The van der Waals surface area contributed by atoms with Gasteiger partial charge in [0.1, 0.15) is 4.32 Å². The monoisotopic (exact) mass is 503 g/mol. The summed E-state index contributed by atoms with van der Waals surface area (Å²) in [5, 5.41) is 35.6. The molecular formula is C15H27NO8S2Zr. The van der Waals surface area contributed by atoms with Crippen LogP contribution in [0, 0.1) is 0 Å². The zero-order valence-corrected chi connectivity index (χ0v) is 20.7. The average molecular weight is 505 g/mol. The smallest absolute Gasteiger partial charge is 0.550 e. The topological polar surface area (TPSA) is 164 Å². The number of hydrogen-bond acceptors (Lipinski definition) is 10. The Morgan fingerprint density at radius 3 is 1.04 bits per heavy atom. The summed E-state index contributed by atoms with van der Waals surface area (Å²) in [5.74, 6) is -3.25. The fourth-order valence-electron chi connectivity index (χ4n) is 0.697. The zero-order chi connectivity index (χ0) is 22.3. The van der Waals surface area contributed by atoms with Crippen molar-refractivity contribution in [1.29, 1.82) is 0 Å². The summed E-state index contributed by atoms with van der Waals surface area (Å²) in [6, 6.07) is 0. The largest absolute Gasteiger partial charge is 4.00 e. The minimum atomic E-state index is -1.08. The normalized spacial score (nSPS) is 7.22. The van der Waals surface area contributed by atoms with E-state index in [1.54, 1.807) is 11.8 Å². The third-order valence-electron chi connectivity index (χ3n) is 1.29. The second kappa shape index (κ2) is 32.7. The first-order valence-corrected chi connectivity index (χ1v) is 8.70. The molecule has 0 aliphatic carbocycles. The van der Waals surface area contributed by atoms with Gasteiger partial charge in [-0.05, 0) is 47.3 Å². The molecule has 0 fully saturated rings. The Morgan fingerprint density at radius 2 is 0.926 bits per heavy atom. The fraction of sp³-hybridized carbons (Fsp3) is 0.667. The van der Waals surface area contributed by atoms with Crippen LogP contribution < -0.4 is 20.4 Å². The van der Waals surface area contributed by atoms with Gasteiger partial charge in [0, 0.05) is 37.0 Å². The predicted molar refractivity (Wildman–Crippen MR) is 96.4 cm³/mol. The molecule has 0 unspecified atom stereocenters. The molecule has 0 aromatic heterocycles. The molecule has 0 atom stereocenters. The van der Waals surface area contributed by atoms with Gasteiger partial charge in [-0.25, -0.2) is 0 Å². The van der Waals surface area contributed by atoms with Crippen LogP contribution in [0.3, 0.4) is 0 Å². The second-order valence-corrected chi connectivity index (χ2v) is 5.74. The fourth-order valence-corrected chi connectivity index (χ4v) is 2.00. The van der Waals surface area contributed by atoms with Crippen LogP contribution >= 0.6 is 24.0 Å². The Balaban J connectivity index is -0.0000000552. The Labute approximate surface area is 189 Å². The van der Waals surface area contributed by atoms with E-state index in [9.17, 15) is 0 Å². The number of hydrogen-bond donors (Lipinski definition) is 0. The molecule has 0 bridgehead atoms. The van der Waals surface area contributed by atoms with Gasteiger partial charge in [0.2, 0.25) is 0 Å². The van der Waals surface area contributed by atoms with Crippen LogP contribution in [0.4, 0.5) is 0 Å². The maximum Gasteiger partial charge on any atom is 4.00 e. The third-order valence-corrected chi connectivity index (χ3v) is 2.70. The molecule has 0 aliphatic heterocycles. The minimum absolute atomic E-state index is 0. The predicted octanol–water partition coefficient (Wildman–Crippen LogP) is -2.61. The molecule has 0 heterocycles. The van der Waals surface area contributed by atoms with Crippen molar-refractivity contribution in [3.8, 4) is 0 Å². The second-order valence-electron chi connectivity index (χ2n) is 3.84. The Bertz CT molecular complexity index is 341. The maximum absolute atomic E-state index is 8.89. The minimum Gasteiger partial charge on any atom is -0.550 e. The van der Waals surface area contributed by atoms with Crippen LogP contribution in [-0.4, -0.2) is 51.9 Å². The molecule has 0 saturated carbocycles. The number of thioether (sulfide) groups is 1.